The van der Waals surface area contributed by atoms with Crippen LogP contribution >= 0.6 is 0 Å². The highest BCUT2D eigenvalue weighted by atomic mass is 32.2. The predicted octanol–water partition coefficient (Wildman–Crippen LogP) is 4.41. The van der Waals surface area contributed by atoms with Gasteiger partial charge in [-0.3, -0.25) is 4.98 Å². The Balaban J connectivity index is 1.66. The molecule has 2 heterocycles. The van der Waals surface area contributed by atoms with Gasteiger partial charge >= 0.3 is 0 Å². The van der Waals surface area contributed by atoms with Gasteiger partial charge in [-0.2, -0.15) is 0 Å². The summed E-state index contributed by atoms with van der Waals surface area (Å²) in [4.78, 5) is 9.45. The molecule has 0 atom stereocenters. The molecule has 0 unspecified atom stereocenters. The van der Waals surface area contributed by atoms with Crippen LogP contribution in [0.2, 0.25) is 0 Å². The van der Waals surface area contributed by atoms with Crippen LogP contribution in [0, 0.1) is 6.92 Å². The van der Waals surface area contributed by atoms with Crippen LogP contribution in [0.1, 0.15) is 25.1 Å². The first-order chi connectivity index (χ1) is 15.3. The van der Waals surface area contributed by atoms with E-state index in [-0.39, 0.29) is 4.90 Å². The highest BCUT2D eigenvalue weighted by molar-refractivity contribution is 7.92. The molecule has 0 spiro atoms. The first kappa shape index (κ1) is 21.9. The van der Waals surface area contributed by atoms with Crippen LogP contribution in [0.25, 0.3) is 34.0 Å². The van der Waals surface area contributed by atoms with E-state index in [1.807, 2.05) is 37.3 Å². The summed E-state index contributed by atoms with van der Waals surface area (Å²) < 4.78 is 30.3. The lowest BCUT2D eigenvalue weighted by molar-refractivity contribution is 0.433. The number of benzene rings is 2. The van der Waals surface area contributed by atoms with Crippen LogP contribution in [0.4, 0.5) is 0 Å². The van der Waals surface area contributed by atoms with E-state index >= 15 is 0 Å². The van der Waals surface area contributed by atoms with Crippen molar-refractivity contribution in [1.29, 1.82) is 0 Å². The molecule has 0 radical (unpaired) electrons. The van der Waals surface area contributed by atoms with E-state index in [1.54, 1.807) is 44.3 Å². The molecule has 0 aliphatic heterocycles. The molecular formula is C24H24N4O3S. The zero-order chi connectivity index (χ0) is 22.9. The molecule has 0 fully saturated rings. The van der Waals surface area contributed by atoms with Crippen molar-refractivity contribution in [2.24, 2.45) is 5.73 Å². The van der Waals surface area contributed by atoms with Crippen LogP contribution in [-0.2, 0) is 16.4 Å². The molecule has 0 aliphatic rings. The maximum Gasteiger partial charge on any atom is 0.187 e. The predicted molar refractivity (Wildman–Crippen MR) is 123 cm³/mol. The standard InChI is InChI=1S/C24H24N4O3S/c1-15(2)32(29,30)20-10-8-19(9-11-20)22-14-26-16(3)24(27-22)23-12-21(28-31-23)18-6-4-17(13-25)5-7-18/h4-12,14-15H,13,25H2,1-3H3. The molecule has 2 N–H and O–H groups in total. The third kappa shape index (κ3) is 4.19. The number of rotatable bonds is 6. The van der Waals surface area contributed by atoms with E-state index in [0.717, 1.165) is 16.7 Å². The number of hydrogen-bond acceptors (Lipinski definition) is 7. The quantitative estimate of drug-likeness (QED) is 0.465. The van der Waals surface area contributed by atoms with Crippen LogP contribution in [0.15, 0.2) is 70.2 Å². The zero-order valence-corrected chi connectivity index (χ0v) is 18.9. The van der Waals surface area contributed by atoms with Gasteiger partial charge in [-0.15, -0.1) is 0 Å². The van der Waals surface area contributed by atoms with Gasteiger partial charge in [0.25, 0.3) is 0 Å². The Bertz CT molecular complexity index is 1340. The number of aryl methyl sites for hydroxylation is 1. The molecule has 0 bridgehead atoms. The lowest BCUT2D eigenvalue weighted by Crippen LogP contribution is -2.13. The summed E-state index contributed by atoms with van der Waals surface area (Å²) in [5.41, 5.74) is 11.0. The first-order valence-corrected chi connectivity index (χ1v) is 11.8. The smallest absolute Gasteiger partial charge is 0.187 e. The van der Waals surface area contributed by atoms with Gasteiger partial charge in [0.2, 0.25) is 0 Å². The molecule has 2 aromatic carbocycles. The SMILES string of the molecule is Cc1ncc(-c2ccc(S(=O)(=O)C(C)C)cc2)nc1-c1cc(-c2ccc(CN)cc2)no1. The Labute approximate surface area is 187 Å². The van der Waals surface area contributed by atoms with Crippen molar-refractivity contribution in [3.05, 3.63) is 72.1 Å². The van der Waals surface area contributed by atoms with Crippen molar-refractivity contribution in [2.75, 3.05) is 0 Å². The van der Waals surface area contributed by atoms with Gasteiger partial charge < -0.3 is 10.3 Å². The van der Waals surface area contributed by atoms with Crippen molar-refractivity contribution in [2.45, 2.75) is 37.5 Å². The molecule has 4 aromatic rings. The molecule has 0 saturated heterocycles. The Morgan fingerprint density at radius 1 is 0.969 bits per heavy atom. The largest absolute Gasteiger partial charge is 0.354 e. The molecule has 4 rings (SSSR count). The molecule has 2 aromatic heterocycles. The molecule has 0 saturated carbocycles. The second kappa shape index (κ2) is 8.64. The van der Waals surface area contributed by atoms with E-state index in [2.05, 4.69) is 10.1 Å². The molecule has 0 amide bonds. The highest BCUT2D eigenvalue weighted by Gasteiger charge is 2.19. The van der Waals surface area contributed by atoms with Gasteiger partial charge in [0, 0.05) is 23.7 Å². The summed E-state index contributed by atoms with van der Waals surface area (Å²) in [5, 5.41) is 3.70. The van der Waals surface area contributed by atoms with Crippen molar-refractivity contribution in [3.8, 4) is 34.0 Å². The van der Waals surface area contributed by atoms with Gasteiger partial charge in [-0.25, -0.2) is 13.4 Å². The van der Waals surface area contributed by atoms with Crippen LogP contribution < -0.4 is 5.73 Å². The van der Waals surface area contributed by atoms with E-state index in [9.17, 15) is 8.42 Å². The van der Waals surface area contributed by atoms with Gasteiger partial charge in [0.15, 0.2) is 15.6 Å². The number of aromatic nitrogens is 3. The second-order valence-electron chi connectivity index (χ2n) is 7.78. The van der Waals surface area contributed by atoms with Crippen LogP contribution in [-0.4, -0.2) is 28.8 Å². The summed E-state index contributed by atoms with van der Waals surface area (Å²) in [6.45, 7) is 5.66. The molecule has 8 heteroatoms. The fourth-order valence-corrected chi connectivity index (χ4v) is 4.30. The third-order valence-corrected chi connectivity index (χ3v) is 7.45. The van der Waals surface area contributed by atoms with E-state index in [1.165, 1.54) is 0 Å². The van der Waals surface area contributed by atoms with E-state index in [4.69, 9.17) is 15.2 Å². The third-order valence-electron chi connectivity index (χ3n) is 5.28. The van der Waals surface area contributed by atoms with Gasteiger partial charge in [-0.05, 0) is 38.5 Å². The summed E-state index contributed by atoms with van der Waals surface area (Å²) in [7, 11) is -3.33. The Morgan fingerprint density at radius 3 is 2.22 bits per heavy atom. The van der Waals surface area contributed by atoms with E-state index in [0.29, 0.717) is 35.1 Å². The fraction of sp³-hybridized carbons (Fsp3) is 0.208. The number of nitrogens with two attached hydrogens (primary N) is 1. The minimum atomic E-state index is -3.33. The second-order valence-corrected chi connectivity index (χ2v) is 10.3. The fourth-order valence-electron chi connectivity index (χ4n) is 3.24. The van der Waals surface area contributed by atoms with Gasteiger partial charge in [0.1, 0.15) is 11.4 Å². The first-order valence-electron chi connectivity index (χ1n) is 10.2. The summed E-state index contributed by atoms with van der Waals surface area (Å²) >= 11 is 0. The number of hydrogen-bond donors (Lipinski definition) is 1. The molecule has 164 valence electrons. The maximum absolute atomic E-state index is 12.4. The monoisotopic (exact) mass is 448 g/mol. The normalized spacial score (nSPS) is 11.8. The minimum Gasteiger partial charge on any atom is -0.354 e. The Morgan fingerprint density at radius 2 is 1.59 bits per heavy atom. The van der Waals surface area contributed by atoms with Crippen molar-refractivity contribution in [3.63, 3.8) is 0 Å². The lowest BCUT2D eigenvalue weighted by atomic mass is 10.1. The molecule has 7 nitrogen and oxygen atoms in total. The number of nitrogens with zero attached hydrogens (tertiary/aromatic N) is 3. The Hall–Kier alpha value is -3.36. The van der Waals surface area contributed by atoms with Gasteiger partial charge in [0.05, 0.1) is 27.7 Å². The van der Waals surface area contributed by atoms with Crippen molar-refractivity contribution in [1.82, 2.24) is 15.1 Å². The highest BCUT2D eigenvalue weighted by Crippen LogP contribution is 2.29. The average Bonchev–Trinajstić information content (AvgIpc) is 3.29. The van der Waals surface area contributed by atoms with Crippen molar-refractivity contribution < 1.29 is 12.9 Å². The zero-order valence-electron chi connectivity index (χ0n) is 18.1. The van der Waals surface area contributed by atoms with Crippen LogP contribution in [0.5, 0.6) is 0 Å². The average molecular weight is 449 g/mol. The molecular weight excluding hydrogens is 424 g/mol. The topological polar surface area (TPSA) is 112 Å². The summed E-state index contributed by atoms with van der Waals surface area (Å²) in [5.74, 6) is 0.508. The van der Waals surface area contributed by atoms with E-state index < -0.39 is 15.1 Å². The van der Waals surface area contributed by atoms with Gasteiger partial charge in [-0.1, -0.05) is 41.6 Å². The molecule has 32 heavy (non-hydrogen) atoms. The Kier molecular flexibility index (Phi) is 5.90. The minimum absolute atomic E-state index is 0.289. The maximum atomic E-state index is 12.4. The van der Waals surface area contributed by atoms with Crippen molar-refractivity contribution >= 4 is 9.84 Å². The summed E-state index contributed by atoms with van der Waals surface area (Å²) in [6.07, 6.45) is 1.66. The lowest BCUT2D eigenvalue weighted by Gasteiger charge is -2.09. The van der Waals surface area contributed by atoms with Crippen LogP contribution in [0.3, 0.4) is 0 Å². The molecule has 0 aliphatic carbocycles. The number of sulfone groups is 1. The summed E-state index contributed by atoms with van der Waals surface area (Å²) in [6, 6.07) is 16.3.